The highest BCUT2D eigenvalue weighted by atomic mass is 35.6. The minimum absolute atomic E-state index is 0.115. The third-order valence-corrected chi connectivity index (χ3v) is 4.55. The SMILES string of the molecule is COc1cccc(C(=O)N[C@@H](NC(=S)Nc2ccc(NC(C)=O)cc2)C(Cl)(Cl)Cl)c1. The fraction of sp³-hybridized carbons (Fsp3) is 0.211. The first-order chi connectivity index (χ1) is 14.1. The van der Waals surface area contributed by atoms with Gasteiger partial charge in [0.25, 0.3) is 5.91 Å². The van der Waals surface area contributed by atoms with Crippen molar-refractivity contribution >= 4 is 75.3 Å². The first-order valence-electron chi connectivity index (χ1n) is 8.55. The molecule has 7 nitrogen and oxygen atoms in total. The maximum absolute atomic E-state index is 12.6. The quantitative estimate of drug-likeness (QED) is 0.278. The maximum Gasteiger partial charge on any atom is 0.253 e. The molecule has 160 valence electrons. The summed E-state index contributed by atoms with van der Waals surface area (Å²) in [4.78, 5) is 23.6. The van der Waals surface area contributed by atoms with E-state index in [1.165, 1.54) is 14.0 Å². The van der Waals surface area contributed by atoms with Crippen molar-refractivity contribution in [3.05, 3.63) is 54.1 Å². The van der Waals surface area contributed by atoms with Gasteiger partial charge in [0.15, 0.2) is 5.11 Å². The van der Waals surface area contributed by atoms with E-state index in [4.69, 9.17) is 51.8 Å². The molecule has 2 aromatic carbocycles. The summed E-state index contributed by atoms with van der Waals surface area (Å²) in [6, 6.07) is 13.3. The highest BCUT2D eigenvalue weighted by molar-refractivity contribution is 7.80. The van der Waals surface area contributed by atoms with Gasteiger partial charge < -0.3 is 26.0 Å². The Morgan fingerprint density at radius 3 is 2.13 bits per heavy atom. The van der Waals surface area contributed by atoms with E-state index in [0.717, 1.165) is 0 Å². The maximum atomic E-state index is 12.6. The Bertz CT molecular complexity index is 920. The number of hydrogen-bond acceptors (Lipinski definition) is 4. The molecule has 0 aliphatic heterocycles. The Labute approximate surface area is 194 Å². The van der Waals surface area contributed by atoms with E-state index in [1.54, 1.807) is 48.5 Å². The Hall–Kier alpha value is -2.26. The van der Waals surface area contributed by atoms with Gasteiger partial charge in [0.05, 0.1) is 7.11 Å². The monoisotopic (exact) mass is 488 g/mol. The molecule has 1 atom stereocenters. The number of amides is 2. The smallest absolute Gasteiger partial charge is 0.253 e. The summed E-state index contributed by atoms with van der Waals surface area (Å²) < 4.78 is 3.22. The van der Waals surface area contributed by atoms with Crippen molar-refractivity contribution in [3.8, 4) is 5.75 Å². The average Bonchev–Trinajstić information content (AvgIpc) is 2.68. The normalized spacial score (nSPS) is 11.8. The van der Waals surface area contributed by atoms with Gasteiger partial charge in [-0.15, -0.1) is 0 Å². The van der Waals surface area contributed by atoms with Crippen LogP contribution in [0.1, 0.15) is 17.3 Å². The van der Waals surface area contributed by atoms with Crippen LogP contribution in [0.4, 0.5) is 11.4 Å². The number of benzene rings is 2. The standard InChI is InChI=1S/C19H19Cl3N4O3S/c1-11(27)23-13-6-8-14(9-7-13)24-18(30)26-17(19(20,21)22)25-16(28)12-4-3-5-15(10-12)29-2/h3-10,17H,1-2H3,(H,23,27)(H,25,28)(H2,24,26,30)/t17-/m0/s1. The molecule has 0 saturated carbocycles. The summed E-state index contributed by atoms with van der Waals surface area (Å²) in [5.41, 5.74) is 1.59. The number of anilines is 2. The van der Waals surface area contributed by atoms with Crippen molar-refractivity contribution < 1.29 is 14.3 Å². The zero-order valence-corrected chi connectivity index (χ0v) is 19.0. The minimum Gasteiger partial charge on any atom is -0.497 e. The van der Waals surface area contributed by atoms with E-state index < -0.39 is 15.9 Å². The van der Waals surface area contributed by atoms with E-state index >= 15 is 0 Å². The molecule has 0 saturated heterocycles. The number of ether oxygens (including phenoxy) is 1. The van der Waals surface area contributed by atoms with Crippen molar-refractivity contribution in [1.29, 1.82) is 0 Å². The molecule has 0 radical (unpaired) electrons. The molecule has 11 heteroatoms. The summed E-state index contributed by atoms with van der Waals surface area (Å²) in [6.07, 6.45) is -1.13. The summed E-state index contributed by atoms with van der Waals surface area (Å²) >= 11 is 23.3. The summed E-state index contributed by atoms with van der Waals surface area (Å²) in [7, 11) is 1.50. The molecule has 0 heterocycles. The average molecular weight is 490 g/mol. The topological polar surface area (TPSA) is 91.5 Å². The van der Waals surface area contributed by atoms with Gasteiger partial charge >= 0.3 is 0 Å². The highest BCUT2D eigenvalue weighted by Gasteiger charge is 2.35. The van der Waals surface area contributed by atoms with E-state index in [2.05, 4.69) is 21.3 Å². The fourth-order valence-electron chi connectivity index (χ4n) is 2.32. The van der Waals surface area contributed by atoms with Crippen LogP contribution in [-0.2, 0) is 4.79 Å². The first kappa shape index (κ1) is 24.0. The predicted octanol–water partition coefficient (Wildman–Crippen LogP) is 4.07. The van der Waals surface area contributed by atoms with Crippen molar-refractivity contribution in [2.75, 3.05) is 17.7 Å². The summed E-state index contributed by atoms with van der Waals surface area (Å²) in [5, 5.41) is 11.1. The van der Waals surface area contributed by atoms with Gasteiger partial charge in [0.1, 0.15) is 11.9 Å². The Morgan fingerprint density at radius 1 is 1.00 bits per heavy atom. The van der Waals surface area contributed by atoms with Gasteiger partial charge in [0, 0.05) is 23.9 Å². The molecular weight excluding hydrogens is 471 g/mol. The molecular formula is C19H19Cl3N4O3S. The van der Waals surface area contributed by atoms with E-state index in [0.29, 0.717) is 22.7 Å². The van der Waals surface area contributed by atoms with Crippen LogP contribution in [0.15, 0.2) is 48.5 Å². The van der Waals surface area contributed by atoms with Crippen LogP contribution in [-0.4, -0.2) is 34.0 Å². The third-order valence-electron chi connectivity index (χ3n) is 3.67. The van der Waals surface area contributed by atoms with Crippen LogP contribution in [0.2, 0.25) is 0 Å². The lowest BCUT2D eigenvalue weighted by Crippen LogP contribution is -2.56. The number of carbonyl (C=O) groups is 2. The number of alkyl halides is 3. The van der Waals surface area contributed by atoms with Crippen LogP contribution >= 0.6 is 47.0 Å². The van der Waals surface area contributed by atoms with Crippen LogP contribution in [0, 0.1) is 0 Å². The first-order valence-corrected chi connectivity index (χ1v) is 10.1. The van der Waals surface area contributed by atoms with Gasteiger partial charge in [-0.1, -0.05) is 40.9 Å². The molecule has 0 fully saturated rings. The molecule has 2 amide bonds. The van der Waals surface area contributed by atoms with Crippen molar-refractivity contribution in [2.45, 2.75) is 16.9 Å². The number of hydrogen-bond donors (Lipinski definition) is 4. The van der Waals surface area contributed by atoms with Gasteiger partial charge in [-0.05, 0) is 54.7 Å². The molecule has 4 N–H and O–H groups in total. The predicted molar refractivity (Wildman–Crippen MR) is 125 cm³/mol. The largest absolute Gasteiger partial charge is 0.497 e. The molecule has 2 aromatic rings. The van der Waals surface area contributed by atoms with Gasteiger partial charge in [-0.3, -0.25) is 9.59 Å². The fourth-order valence-corrected chi connectivity index (χ4v) is 2.88. The van der Waals surface area contributed by atoms with Crippen LogP contribution in [0.25, 0.3) is 0 Å². The lowest BCUT2D eigenvalue weighted by molar-refractivity contribution is -0.114. The number of rotatable bonds is 6. The van der Waals surface area contributed by atoms with Crippen LogP contribution < -0.4 is 26.0 Å². The van der Waals surface area contributed by atoms with Crippen LogP contribution in [0.3, 0.4) is 0 Å². The summed E-state index contributed by atoms with van der Waals surface area (Å²) in [5.74, 6) is -0.147. The third kappa shape index (κ3) is 7.53. The number of methoxy groups -OCH3 is 1. The summed E-state index contributed by atoms with van der Waals surface area (Å²) in [6.45, 7) is 1.42. The molecule has 0 spiro atoms. The number of carbonyl (C=O) groups excluding carboxylic acids is 2. The Balaban J connectivity index is 2.04. The number of halogens is 3. The molecule has 0 aliphatic rings. The van der Waals surface area contributed by atoms with E-state index in [-0.39, 0.29) is 11.0 Å². The second-order valence-corrected chi connectivity index (χ2v) is 8.81. The van der Waals surface area contributed by atoms with Crippen molar-refractivity contribution in [3.63, 3.8) is 0 Å². The van der Waals surface area contributed by atoms with Crippen molar-refractivity contribution in [2.24, 2.45) is 0 Å². The van der Waals surface area contributed by atoms with Gasteiger partial charge in [-0.25, -0.2) is 0 Å². The molecule has 0 aliphatic carbocycles. The number of thiocarbonyl (C=S) groups is 1. The van der Waals surface area contributed by atoms with Crippen molar-refractivity contribution in [1.82, 2.24) is 10.6 Å². The van der Waals surface area contributed by atoms with E-state index in [9.17, 15) is 9.59 Å². The molecule has 30 heavy (non-hydrogen) atoms. The molecule has 0 unspecified atom stereocenters. The zero-order valence-electron chi connectivity index (χ0n) is 16.0. The second kappa shape index (κ2) is 10.7. The van der Waals surface area contributed by atoms with Gasteiger partial charge in [-0.2, -0.15) is 0 Å². The minimum atomic E-state index is -1.89. The van der Waals surface area contributed by atoms with E-state index in [1.807, 2.05) is 0 Å². The lowest BCUT2D eigenvalue weighted by Gasteiger charge is -2.27. The molecule has 0 bridgehead atoms. The van der Waals surface area contributed by atoms with Gasteiger partial charge in [0.2, 0.25) is 9.70 Å². The Morgan fingerprint density at radius 2 is 1.60 bits per heavy atom. The highest BCUT2D eigenvalue weighted by Crippen LogP contribution is 2.29. The Kier molecular flexibility index (Phi) is 8.54. The van der Waals surface area contributed by atoms with Crippen LogP contribution in [0.5, 0.6) is 5.75 Å². The molecule has 2 rings (SSSR count). The lowest BCUT2D eigenvalue weighted by atomic mass is 10.2. The molecule has 0 aromatic heterocycles. The number of nitrogens with one attached hydrogen (secondary N) is 4. The second-order valence-electron chi connectivity index (χ2n) is 6.04. The zero-order chi connectivity index (χ0) is 22.3.